The molecule has 0 aliphatic rings. The van der Waals surface area contributed by atoms with Gasteiger partial charge in [-0.3, -0.25) is 0 Å². The van der Waals surface area contributed by atoms with Gasteiger partial charge in [0.15, 0.2) is 0 Å². The molecule has 2 heteroatoms. The van der Waals surface area contributed by atoms with Crippen LogP contribution in [0.2, 0.25) is 0 Å². The Bertz CT molecular complexity index is 335. The lowest BCUT2D eigenvalue weighted by Crippen LogP contribution is -2.45. The van der Waals surface area contributed by atoms with E-state index in [-0.39, 0.29) is 0 Å². The molecule has 0 saturated carbocycles. The Balaban J connectivity index is 2.96. The van der Waals surface area contributed by atoms with Crippen molar-refractivity contribution in [1.82, 2.24) is 0 Å². The van der Waals surface area contributed by atoms with E-state index in [2.05, 4.69) is 56.9 Å². The Hall–Kier alpha value is -1.02. The molecule has 0 aromatic heterocycles. The Labute approximate surface area is 106 Å². The summed E-state index contributed by atoms with van der Waals surface area (Å²) in [6, 6.07) is 9.12. The first kappa shape index (κ1) is 14.0. The molecule has 0 heterocycles. The summed E-state index contributed by atoms with van der Waals surface area (Å²) in [5.74, 6) is 0.625. The van der Waals surface area contributed by atoms with Gasteiger partial charge in [0.25, 0.3) is 0 Å². The van der Waals surface area contributed by atoms with Gasteiger partial charge in [-0.05, 0) is 37.5 Å². The fourth-order valence-corrected chi connectivity index (χ4v) is 2.35. The number of hydrogen-bond donors (Lipinski definition) is 1. The van der Waals surface area contributed by atoms with Gasteiger partial charge in [0.05, 0.1) is 0 Å². The highest BCUT2D eigenvalue weighted by Gasteiger charge is 2.21. The van der Waals surface area contributed by atoms with E-state index in [0.717, 1.165) is 13.1 Å². The third-order valence-electron chi connectivity index (χ3n) is 3.62. The molecule has 0 aliphatic heterocycles. The summed E-state index contributed by atoms with van der Waals surface area (Å²) in [7, 11) is 0. The zero-order valence-electron chi connectivity index (χ0n) is 11.6. The Kier molecular flexibility index (Phi) is 5.49. The summed E-state index contributed by atoms with van der Waals surface area (Å²) in [6.45, 7) is 10.6. The van der Waals surface area contributed by atoms with E-state index in [1.807, 2.05) is 0 Å². The lowest BCUT2D eigenvalue weighted by Gasteiger charge is -2.36. The molecular weight excluding hydrogens is 208 g/mol. The zero-order chi connectivity index (χ0) is 12.8. The number of benzene rings is 1. The summed E-state index contributed by atoms with van der Waals surface area (Å²) < 4.78 is 0. The van der Waals surface area contributed by atoms with Crippen molar-refractivity contribution < 1.29 is 0 Å². The lowest BCUT2D eigenvalue weighted by molar-refractivity contribution is 0.422. The molecule has 0 spiro atoms. The van der Waals surface area contributed by atoms with Crippen LogP contribution >= 0.6 is 0 Å². The van der Waals surface area contributed by atoms with Gasteiger partial charge in [0, 0.05) is 24.8 Å². The van der Waals surface area contributed by atoms with Gasteiger partial charge in [-0.1, -0.05) is 32.4 Å². The van der Waals surface area contributed by atoms with Crippen LogP contribution in [0.4, 0.5) is 5.69 Å². The van der Waals surface area contributed by atoms with Crippen LogP contribution < -0.4 is 10.6 Å². The molecule has 2 nitrogen and oxygen atoms in total. The minimum atomic E-state index is 0.437. The smallest absolute Gasteiger partial charge is 0.0437 e. The van der Waals surface area contributed by atoms with Gasteiger partial charge >= 0.3 is 0 Å². The molecule has 2 N–H and O–H groups in total. The van der Waals surface area contributed by atoms with Crippen molar-refractivity contribution in [2.75, 3.05) is 18.0 Å². The molecule has 0 bridgehead atoms. The summed E-state index contributed by atoms with van der Waals surface area (Å²) >= 11 is 0. The van der Waals surface area contributed by atoms with Crippen LogP contribution in [0, 0.1) is 12.8 Å². The first-order valence-corrected chi connectivity index (χ1v) is 6.67. The highest BCUT2D eigenvalue weighted by Crippen LogP contribution is 2.22. The summed E-state index contributed by atoms with van der Waals surface area (Å²) in [6.07, 6.45) is 1.17. The third kappa shape index (κ3) is 3.47. The van der Waals surface area contributed by atoms with E-state index in [9.17, 15) is 0 Å². The second-order valence-electron chi connectivity index (χ2n) is 4.81. The minimum Gasteiger partial charge on any atom is -0.367 e. The maximum Gasteiger partial charge on any atom is 0.0437 e. The predicted octanol–water partition coefficient (Wildman–Crippen LogP) is 3.19. The molecule has 1 aromatic rings. The number of rotatable bonds is 6. The van der Waals surface area contributed by atoms with Gasteiger partial charge in [0.1, 0.15) is 0 Å². The summed E-state index contributed by atoms with van der Waals surface area (Å²) in [4.78, 5) is 2.43. The minimum absolute atomic E-state index is 0.437. The molecule has 1 aromatic carbocycles. The maximum atomic E-state index is 5.96. The number of anilines is 1. The van der Waals surface area contributed by atoms with Crippen LogP contribution in [0.5, 0.6) is 0 Å². The molecular formula is C15H26N2. The fraction of sp³-hybridized carbons (Fsp3) is 0.600. The highest BCUT2D eigenvalue weighted by atomic mass is 15.2. The topological polar surface area (TPSA) is 29.3 Å². The van der Waals surface area contributed by atoms with E-state index in [1.165, 1.54) is 17.7 Å². The van der Waals surface area contributed by atoms with Crippen molar-refractivity contribution in [2.45, 2.75) is 40.2 Å². The fourth-order valence-electron chi connectivity index (χ4n) is 2.35. The van der Waals surface area contributed by atoms with E-state index in [4.69, 9.17) is 5.73 Å². The standard InChI is InChI=1S/C15H26N2/c1-5-13(4)15(11-16)17(6-2)14-9-7-8-12(3)10-14/h7-10,13,15H,5-6,11,16H2,1-4H3. The van der Waals surface area contributed by atoms with E-state index in [1.54, 1.807) is 0 Å². The van der Waals surface area contributed by atoms with Gasteiger partial charge in [0.2, 0.25) is 0 Å². The average molecular weight is 234 g/mol. The molecule has 17 heavy (non-hydrogen) atoms. The second kappa shape index (κ2) is 6.65. The molecule has 96 valence electrons. The number of nitrogens with two attached hydrogens (primary N) is 1. The van der Waals surface area contributed by atoms with Crippen LogP contribution in [0.3, 0.4) is 0 Å². The SMILES string of the molecule is CCC(C)C(CN)N(CC)c1cccc(C)c1. The zero-order valence-corrected chi connectivity index (χ0v) is 11.6. The molecule has 1 rings (SSSR count). The molecule has 0 fully saturated rings. The van der Waals surface area contributed by atoms with Crippen LogP contribution in [-0.4, -0.2) is 19.1 Å². The van der Waals surface area contributed by atoms with Crippen molar-refractivity contribution in [3.8, 4) is 0 Å². The first-order chi connectivity index (χ1) is 8.13. The first-order valence-electron chi connectivity index (χ1n) is 6.67. The predicted molar refractivity (Wildman–Crippen MR) is 76.5 cm³/mol. The molecule has 2 atom stereocenters. The summed E-state index contributed by atoms with van der Waals surface area (Å²) in [5, 5.41) is 0. The largest absolute Gasteiger partial charge is 0.367 e. The quantitative estimate of drug-likeness (QED) is 0.819. The van der Waals surface area contributed by atoms with Crippen molar-refractivity contribution >= 4 is 5.69 Å². The second-order valence-corrected chi connectivity index (χ2v) is 4.81. The third-order valence-corrected chi connectivity index (χ3v) is 3.62. The molecule has 0 amide bonds. The van der Waals surface area contributed by atoms with Gasteiger partial charge in [-0.15, -0.1) is 0 Å². The number of hydrogen-bond acceptors (Lipinski definition) is 2. The van der Waals surface area contributed by atoms with Gasteiger partial charge < -0.3 is 10.6 Å². The normalized spacial score (nSPS) is 14.4. The van der Waals surface area contributed by atoms with Gasteiger partial charge in [-0.25, -0.2) is 0 Å². The Morgan fingerprint density at radius 3 is 2.47 bits per heavy atom. The maximum absolute atomic E-state index is 5.96. The molecule has 0 radical (unpaired) electrons. The molecule has 2 unspecified atom stereocenters. The number of likely N-dealkylation sites (N-methyl/N-ethyl adjacent to an activating group) is 1. The highest BCUT2D eigenvalue weighted by molar-refractivity contribution is 5.49. The summed E-state index contributed by atoms with van der Waals surface area (Å²) in [5.41, 5.74) is 8.56. The average Bonchev–Trinajstić information content (AvgIpc) is 2.34. The van der Waals surface area contributed by atoms with Crippen molar-refractivity contribution in [3.63, 3.8) is 0 Å². The molecule has 0 saturated heterocycles. The monoisotopic (exact) mass is 234 g/mol. The van der Waals surface area contributed by atoms with Crippen LogP contribution in [-0.2, 0) is 0 Å². The lowest BCUT2D eigenvalue weighted by atomic mass is 9.97. The van der Waals surface area contributed by atoms with Crippen LogP contribution in [0.15, 0.2) is 24.3 Å². The van der Waals surface area contributed by atoms with E-state index < -0.39 is 0 Å². The van der Waals surface area contributed by atoms with Crippen molar-refractivity contribution in [3.05, 3.63) is 29.8 Å². The van der Waals surface area contributed by atoms with Gasteiger partial charge in [-0.2, -0.15) is 0 Å². The van der Waals surface area contributed by atoms with Crippen LogP contribution in [0.1, 0.15) is 32.8 Å². The molecule has 0 aliphatic carbocycles. The Morgan fingerprint density at radius 2 is 2.00 bits per heavy atom. The van der Waals surface area contributed by atoms with Crippen molar-refractivity contribution in [2.24, 2.45) is 11.7 Å². The van der Waals surface area contributed by atoms with E-state index >= 15 is 0 Å². The number of aryl methyl sites for hydroxylation is 1. The van der Waals surface area contributed by atoms with Crippen molar-refractivity contribution in [1.29, 1.82) is 0 Å². The Morgan fingerprint density at radius 1 is 1.29 bits per heavy atom. The van der Waals surface area contributed by atoms with E-state index in [0.29, 0.717) is 12.0 Å². The number of nitrogens with zero attached hydrogens (tertiary/aromatic N) is 1. The van der Waals surface area contributed by atoms with Crippen LogP contribution in [0.25, 0.3) is 0 Å².